The van der Waals surface area contributed by atoms with Crippen molar-refractivity contribution in [3.63, 3.8) is 0 Å². The third-order valence-corrected chi connectivity index (χ3v) is 3.46. The molecule has 2 heterocycles. The van der Waals surface area contributed by atoms with Crippen molar-refractivity contribution >= 4 is 17.5 Å². The van der Waals surface area contributed by atoms with Crippen LogP contribution in [0.1, 0.15) is 33.2 Å². The molecule has 0 spiro atoms. The molecule has 0 unspecified atom stereocenters. The molecular weight excluding hydrogens is 266 g/mol. The summed E-state index contributed by atoms with van der Waals surface area (Å²) in [6.07, 6.45) is 2.96. The first-order valence-electron chi connectivity index (χ1n) is 6.85. The van der Waals surface area contributed by atoms with Crippen molar-refractivity contribution < 1.29 is 9.59 Å². The summed E-state index contributed by atoms with van der Waals surface area (Å²) in [5.74, 6) is -0.612. The number of hydrogen-bond acceptors (Lipinski definition) is 4. The van der Waals surface area contributed by atoms with Crippen molar-refractivity contribution in [3.05, 3.63) is 59.4 Å². The number of carbonyl (C=O) groups is 2. The van der Waals surface area contributed by atoms with E-state index in [2.05, 4.69) is 10.3 Å². The van der Waals surface area contributed by atoms with Gasteiger partial charge in [0.25, 0.3) is 11.8 Å². The van der Waals surface area contributed by atoms with Crippen molar-refractivity contribution in [2.24, 2.45) is 0 Å². The molecule has 2 amide bonds. The highest BCUT2D eigenvalue weighted by Gasteiger charge is 2.36. The highest BCUT2D eigenvalue weighted by molar-refractivity contribution is 6.34. The quantitative estimate of drug-likeness (QED) is 0.871. The average molecular weight is 281 g/mol. The number of rotatable bonds is 4. The van der Waals surface area contributed by atoms with Crippen LogP contribution in [0.3, 0.4) is 0 Å². The van der Waals surface area contributed by atoms with Crippen LogP contribution in [0.2, 0.25) is 0 Å². The molecule has 0 aliphatic carbocycles. The van der Waals surface area contributed by atoms with Gasteiger partial charge in [0.2, 0.25) is 0 Å². The number of nitrogens with one attached hydrogen (secondary N) is 1. The molecule has 0 atom stereocenters. The molecule has 1 aromatic heterocycles. The van der Waals surface area contributed by atoms with Gasteiger partial charge in [-0.3, -0.25) is 14.6 Å². The molecule has 1 aliphatic rings. The number of carbonyl (C=O) groups excluding carboxylic acids is 2. The van der Waals surface area contributed by atoms with Crippen LogP contribution in [0, 0.1) is 0 Å². The average Bonchev–Trinajstić information content (AvgIpc) is 2.78. The number of hydrogen-bond donors (Lipinski definition) is 1. The van der Waals surface area contributed by atoms with Gasteiger partial charge < -0.3 is 5.32 Å². The first-order chi connectivity index (χ1) is 10.2. The SMILES string of the molecule is CCNCc1ccc(N2C(=O)c3ccncc3C2=O)cc1. The number of imide groups is 1. The second kappa shape index (κ2) is 5.46. The maximum absolute atomic E-state index is 12.3. The first kappa shape index (κ1) is 13.5. The van der Waals surface area contributed by atoms with Crippen molar-refractivity contribution in [1.82, 2.24) is 10.3 Å². The lowest BCUT2D eigenvalue weighted by atomic mass is 10.2. The minimum atomic E-state index is -0.317. The van der Waals surface area contributed by atoms with E-state index in [0.29, 0.717) is 16.8 Å². The number of benzene rings is 1. The van der Waals surface area contributed by atoms with Crippen LogP contribution in [-0.4, -0.2) is 23.3 Å². The molecule has 1 aliphatic heterocycles. The van der Waals surface area contributed by atoms with Crippen molar-refractivity contribution in [2.45, 2.75) is 13.5 Å². The van der Waals surface area contributed by atoms with Gasteiger partial charge in [0.1, 0.15) is 0 Å². The number of amides is 2. The van der Waals surface area contributed by atoms with Gasteiger partial charge in [-0.1, -0.05) is 19.1 Å². The summed E-state index contributed by atoms with van der Waals surface area (Å²) in [5, 5.41) is 3.23. The van der Waals surface area contributed by atoms with Gasteiger partial charge in [-0.15, -0.1) is 0 Å². The second-order valence-electron chi connectivity index (χ2n) is 4.81. The number of aromatic nitrogens is 1. The van der Waals surface area contributed by atoms with Crippen molar-refractivity contribution in [3.8, 4) is 0 Å². The smallest absolute Gasteiger partial charge is 0.267 e. The van der Waals surface area contributed by atoms with Crippen LogP contribution in [0.15, 0.2) is 42.7 Å². The fraction of sp³-hybridized carbons (Fsp3) is 0.188. The molecule has 0 saturated heterocycles. The fourth-order valence-electron chi connectivity index (χ4n) is 2.35. The minimum Gasteiger partial charge on any atom is -0.313 e. The van der Waals surface area contributed by atoms with E-state index in [1.807, 2.05) is 19.1 Å². The maximum Gasteiger partial charge on any atom is 0.267 e. The summed E-state index contributed by atoms with van der Waals surface area (Å²) >= 11 is 0. The highest BCUT2D eigenvalue weighted by Crippen LogP contribution is 2.27. The molecule has 5 nitrogen and oxygen atoms in total. The molecule has 2 aromatic rings. The molecule has 0 radical (unpaired) electrons. The number of pyridine rings is 1. The zero-order valence-corrected chi connectivity index (χ0v) is 11.7. The molecule has 106 valence electrons. The Hall–Kier alpha value is -2.53. The van der Waals surface area contributed by atoms with Gasteiger partial charge in [-0.05, 0) is 30.3 Å². The normalized spacial score (nSPS) is 13.7. The minimum absolute atomic E-state index is 0.295. The molecule has 3 rings (SSSR count). The van der Waals surface area contributed by atoms with E-state index in [4.69, 9.17) is 0 Å². The Morgan fingerprint density at radius 2 is 1.76 bits per heavy atom. The van der Waals surface area contributed by atoms with Gasteiger partial charge in [0, 0.05) is 18.9 Å². The van der Waals surface area contributed by atoms with Gasteiger partial charge in [0.15, 0.2) is 0 Å². The largest absolute Gasteiger partial charge is 0.313 e. The standard InChI is InChI=1S/C16H15N3O2/c1-2-17-9-11-3-5-12(6-4-11)19-15(20)13-7-8-18-10-14(13)16(19)21/h3-8,10,17H,2,9H2,1H3. The Labute approximate surface area is 122 Å². The Morgan fingerprint density at radius 1 is 1.05 bits per heavy atom. The summed E-state index contributed by atoms with van der Waals surface area (Å²) in [5.41, 5.74) is 2.46. The zero-order chi connectivity index (χ0) is 14.8. The third-order valence-electron chi connectivity index (χ3n) is 3.46. The van der Waals surface area contributed by atoms with Crippen LogP contribution in [0.25, 0.3) is 0 Å². The Bertz CT molecular complexity index is 660. The van der Waals surface area contributed by atoms with E-state index >= 15 is 0 Å². The molecule has 1 N–H and O–H groups in total. The first-order valence-corrected chi connectivity index (χ1v) is 6.85. The van der Waals surface area contributed by atoms with Crippen LogP contribution in [0.5, 0.6) is 0 Å². The molecule has 5 heteroatoms. The fourth-order valence-corrected chi connectivity index (χ4v) is 2.35. The van der Waals surface area contributed by atoms with Gasteiger partial charge in [0.05, 0.1) is 16.8 Å². The van der Waals surface area contributed by atoms with Crippen molar-refractivity contribution in [1.29, 1.82) is 0 Å². The van der Waals surface area contributed by atoms with Gasteiger partial charge in [-0.25, -0.2) is 4.90 Å². The molecule has 1 aromatic carbocycles. The Balaban J connectivity index is 1.88. The summed E-state index contributed by atoms with van der Waals surface area (Å²) in [6, 6.07) is 9.00. The predicted octanol–water partition coefficient (Wildman–Crippen LogP) is 1.99. The molecular formula is C16H15N3O2. The number of anilines is 1. The van der Waals surface area contributed by atoms with E-state index in [-0.39, 0.29) is 11.8 Å². The predicted molar refractivity (Wildman–Crippen MR) is 79.2 cm³/mol. The van der Waals surface area contributed by atoms with E-state index in [1.165, 1.54) is 17.3 Å². The lowest BCUT2D eigenvalue weighted by Gasteiger charge is -2.14. The molecule has 21 heavy (non-hydrogen) atoms. The van der Waals surface area contributed by atoms with Crippen molar-refractivity contribution in [2.75, 3.05) is 11.4 Å². The van der Waals surface area contributed by atoms with Gasteiger partial charge >= 0.3 is 0 Å². The second-order valence-corrected chi connectivity index (χ2v) is 4.81. The Kier molecular flexibility index (Phi) is 3.50. The lowest BCUT2D eigenvalue weighted by molar-refractivity contribution is 0.0926. The summed E-state index contributed by atoms with van der Waals surface area (Å²) in [6.45, 7) is 3.71. The zero-order valence-electron chi connectivity index (χ0n) is 11.7. The summed E-state index contributed by atoms with van der Waals surface area (Å²) in [7, 11) is 0. The number of fused-ring (bicyclic) bond motifs is 1. The highest BCUT2D eigenvalue weighted by atomic mass is 16.2. The monoisotopic (exact) mass is 281 g/mol. The van der Waals surface area contributed by atoms with Crippen LogP contribution < -0.4 is 10.2 Å². The van der Waals surface area contributed by atoms with Crippen LogP contribution >= 0.6 is 0 Å². The van der Waals surface area contributed by atoms with E-state index in [9.17, 15) is 9.59 Å². The molecule has 0 fully saturated rings. The number of nitrogens with zero attached hydrogens (tertiary/aromatic N) is 2. The molecule has 0 saturated carbocycles. The third kappa shape index (κ3) is 2.32. The van der Waals surface area contributed by atoms with Gasteiger partial charge in [-0.2, -0.15) is 0 Å². The molecule has 0 bridgehead atoms. The lowest BCUT2D eigenvalue weighted by Crippen LogP contribution is -2.29. The van der Waals surface area contributed by atoms with Crippen LogP contribution in [-0.2, 0) is 6.54 Å². The maximum atomic E-state index is 12.3. The summed E-state index contributed by atoms with van der Waals surface area (Å²) in [4.78, 5) is 29.8. The van der Waals surface area contributed by atoms with Crippen LogP contribution in [0.4, 0.5) is 5.69 Å². The topological polar surface area (TPSA) is 62.3 Å². The summed E-state index contributed by atoms with van der Waals surface area (Å²) < 4.78 is 0. The van der Waals surface area contributed by atoms with E-state index in [0.717, 1.165) is 18.7 Å². The Morgan fingerprint density at radius 3 is 2.43 bits per heavy atom. The van der Waals surface area contributed by atoms with E-state index < -0.39 is 0 Å². The van der Waals surface area contributed by atoms with E-state index in [1.54, 1.807) is 18.2 Å².